The molecule has 1 aromatic heterocycles. The Bertz CT molecular complexity index is 542. The van der Waals surface area contributed by atoms with E-state index in [2.05, 4.69) is 4.90 Å². The van der Waals surface area contributed by atoms with Crippen LogP contribution < -0.4 is 15.4 Å². The zero-order valence-corrected chi connectivity index (χ0v) is 11.9. The summed E-state index contributed by atoms with van der Waals surface area (Å²) in [7, 11) is 3.62. The van der Waals surface area contributed by atoms with Crippen molar-refractivity contribution in [1.29, 1.82) is 0 Å². The van der Waals surface area contributed by atoms with Gasteiger partial charge in [0.1, 0.15) is 5.75 Å². The van der Waals surface area contributed by atoms with Crippen LogP contribution >= 0.6 is 22.9 Å². The number of rotatable bonds is 4. The molecule has 96 valence electrons. The quantitative estimate of drug-likeness (QED) is 0.871. The molecule has 1 aromatic carbocycles. The SMILES string of the molecule is COc1cccc(N(C)Cc2ccc(Cl)s2)c1N. The van der Waals surface area contributed by atoms with Gasteiger partial charge in [0, 0.05) is 11.9 Å². The molecule has 0 atom stereocenters. The zero-order valence-electron chi connectivity index (χ0n) is 10.3. The number of thiophene rings is 1. The molecule has 0 radical (unpaired) electrons. The molecule has 0 aliphatic heterocycles. The van der Waals surface area contributed by atoms with Gasteiger partial charge in [-0.3, -0.25) is 0 Å². The molecule has 0 unspecified atom stereocenters. The Hall–Kier alpha value is -1.39. The third kappa shape index (κ3) is 2.71. The van der Waals surface area contributed by atoms with Crippen molar-refractivity contribution in [2.75, 3.05) is 24.8 Å². The van der Waals surface area contributed by atoms with Crippen LogP contribution in [-0.4, -0.2) is 14.2 Å². The molecular weight excluding hydrogens is 268 g/mol. The lowest BCUT2D eigenvalue weighted by molar-refractivity contribution is 0.417. The first kappa shape index (κ1) is 13.1. The Morgan fingerprint density at radius 2 is 2.11 bits per heavy atom. The smallest absolute Gasteiger partial charge is 0.143 e. The van der Waals surface area contributed by atoms with Crippen molar-refractivity contribution in [2.45, 2.75) is 6.54 Å². The van der Waals surface area contributed by atoms with Gasteiger partial charge in [0.15, 0.2) is 0 Å². The Balaban J connectivity index is 2.21. The van der Waals surface area contributed by atoms with E-state index in [0.29, 0.717) is 11.4 Å². The number of nitrogen functional groups attached to an aromatic ring is 1. The molecule has 5 heteroatoms. The standard InChI is InChI=1S/C13H15ClN2OS/c1-16(8-9-6-7-12(14)18-9)10-4-3-5-11(17-2)13(10)15/h3-7H,8,15H2,1-2H3. The molecule has 0 aliphatic rings. The van der Waals surface area contributed by atoms with Crippen molar-refractivity contribution >= 4 is 34.3 Å². The minimum atomic E-state index is 0.658. The van der Waals surface area contributed by atoms with Gasteiger partial charge in [0.2, 0.25) is 0 Å². The van der Waals surface area contributed by atoms with Crippen molar-refractivity contribution in [3.63, 3.8) is 0 Å². The van der Waals surface area contributed by atoms with E-state index < -0.39 is 0 Å². The number of benzene rings is 1. The number of anilines is 2. The molecule has 2 N–H and O–H groups in total. The van der Waals surface area contributed by atoms with Crippen LogP contribution in [0.4, 0.5) is 11.4 Å². The van der Waals surface area contributed by atoms with E-state index in [9.17, 15) is 0 Å². The lowest BCUT2D eigenvalue weighted by Gasteiger charge is -2.21. The summed E-state index contributed by atoms with van der Waals surface area (Å²) in [5, 5.41) is 0. The molecule has 2 rings (SSSR count). The Kier molecular flexibility index (Phi) is 3.99. The van der Waals surface area contributed by atoms with Crippen LogP contribution in [0.3, 0.4) is 0 Å². The monoisotopic (exact) mass is 282 g/mol. The van der Waals surface area contributed by atoms with Crippen molar-refractivity contribution in [3.8, 4) is 5.75 Å². The number of nitrogens with two attached hydrogens (primary N) is 1. The Morgan fingerprint density at radius 3 is 2.72 bits per heavy atom. The van der Waals surface area contributed by atoms with E-state index in [1.165, 1.54) is 4.88 Å². The molecule has 2 aromatic rings. The number of para-hydroxylation sites is 1. The summed E-state index contributed by atoms with van der Waals surface area (Å²) < 4.78 is 6.02. The second-order valence-electron chi connectivity index (χ2n) is 3.95. The highest BCUT2D eigenvalue weighted by Crippen LogP contribution is 2.33. The van der Waals surface area contributed by atoms with E-state index in [4.69, 9.17) is 22.1 Å². The summed E-state index contributed by atoms with van der Waals surface area (Å²) in [6, 6.07) is 9.70. The third-order valence-electron chi connectivity index (χ3n) is 2.70. The summed E-state index contributed by atoms with van der Waals surface area (Å²) in [6.07, 6.45) is 0. The number of hydrogen-bond donors (Lipinski definition) is 1. The van der Waals surface area contributed by atoms with Crippen LogP contribution in [0.25, 0.3) is 0 Å². The van der Waals surface area contributed by atoms with E-state index >= 15 is 0 Å². The second kappa shape index (κ2) is 5.50. The second-order valence-corrected chi connectivity index (χ2v) is 5.75. The molecule has 0 fully saturated rings. The molecule has 18 heavy (non-hydrogen) atoms. The number of methoxy groups -OCH3 is 1. The molecule has 3 nitrogen and oxygen atoms in total. The summed E-state index contributed by atoms with van der Waals surface area (Å²) in [4.78, 5) is 3.28. The van der Waals surface area contributed by atoms with Crippen molar-refractivity contribution in [1.82, 2.24) is 0 Å². The lowest BCUT2D eigenvalue weighted by Crippen LogP contribution is -2.17. The fourth-order valence-corrected chi connectivity index (χ4v) is 2.94. The largest absolute Gasteiger partial charge is 0.495 e. The van der Waals surface area contributed by atoms with E-state index in [-0.39, 0.29) is 0 Å². The van der Waals surface area contributed by atoms with Crippen LogP contribution in [0, 0.1) is 0 Å². The predicted molar refractivity (Wildman–Crippen MR) is 78.8 cm³/mol. The van der Waals surface area contributed by atoms with Crippen LogP contribution in [0.15, 0.2) is 30.3 Å². The lowest BCUT2D eigenvalue weighted by atomic mass is 10.2. The van der Waals surface area contributed by atoms with Gasteiger partial charge in [0.25, 0.3) is 0 Å². The molecule has 0 saturated heterocycles. The minimum Gasteiger partial charge on any atom is -0.495 e. The number of hydrogen-bond acceptors (Lipinski definition) is 4. The summed E-state index contributed by atoms with van der Waals surface area (Å²) in [5.74, 6) is 0.698. The van der Waals surface area contributed by atoms with E-state index in [1.54, 1.807) is 18.4 Å². The van der Waals surface area contributed by atoms with Gasteiger partial charge in [-0.15, -0.1) is 11.3 Å². The molecule has 0 bridgehead atoms. The number of halogens is 1. The van der Waals surface area contributed by atoms with Gasteiger partial charge in [-0.25, -0.2) is 0 Å². The van der Waals surface area contributed by atoms with Crippen LogP contribution in [0.1, 0.15) is 4.88 Å². The fraction of sp³-hybridized carbons (Fsp3) is 0.231. The van der Waals surface area contributed by atoms with Crippen molar-refractivity contribution < 1.29 is 4.74 Å². The van der Waals surface area contributed by atoms with Gasteiger partial charge in [-0.1, -0.05) is 17.7 Å². The average molecular weight is 283 g/mol. The summed E-state index contributed by atoms with van der Waals surface area (Å²) >= 11 is 7.50. The maximum absolute atomic E-state index is 6.06. The summed E-state index contributed by atoms with van der Waals surface area (Å²) in [5.41, 5.74) is 7.68. The van der Waals surface area contributed by atoms with E-state index in [0.717, 1.165) is 16.6 Å². The van der Waals surface area contributed by atoms with Gasteiger partial charge in [-0.2, -0.15) is 0 Å². The normalized spacial score (nSPS) is 10.4. The van der Waals surface area contributed by atoms with Crippen LogP contribution in [0.5, 0.6) is 5.75 Å². The molecule has 0 saturated carbocycles. The Morgan fingerprint density at radius 1 is 1.33 bits per heavy atom. The first-order valence-corrected chi connectivity index (χ1v) is 6.69. The third-order valence-corrected chi connectivity index (χ3v) is 3.91. The fourth-order valence-electron chi connectivity index (χ4n) is 1.80. The van der Waals surface area contributed by atoms with Crippen molar-refractivity contribution in [3.05, 3.63) is 39.5 Å². The van der Waals surface area contributed by atoms with Crippen molar-refractivity contribution in [2.24, 2.45) is 0 Å². The van der Waals surface area contributed by atoms with Gasteiger partial charge >= 0.3 is 0 Å². The maximum atomic E-state index is 6.06. The molecule has 0 aliphatic carbocycles. The zero-order chi connectivity index (χ0) is 13.1. The minimum absolute atomic E-state index is 0.658. The topological polar surface area (TPSA) is 38.5 Å². The highest BCUT2D eigenvalue weighted by atomic mass is 35.5. The Labute approximate surface area is 116 Å². The van der Waals surface area contributed by atoms with E-state index in [1.807, 2.05) is 37.4 Å². The van der Waals surface area contributed by atoms with Crippen LogP contribution in [-0.2, 0) is 6.54 Å². The average Bonchev–Trinajstić information content (AvgIpc) is 2.75. The van der Waals surface area contributed by atoms with Gasteiger partial charge in [-0.05, 0) is 24.3 Å². The van der Waals surface area contributed by atoms with Crippen LogP contribution in [0.2, 0.25) is 4.34 Å². The molecule has 0 spiro atoms. The molecular formula is C13H15ClN2OS. The highest BCUT2D eigenvalue weighted by Gasteiger charge is 2.10. The maximum Gasteiger partial charge on any atom is 0.143 e. The first-order chi connectivity index (χ1) is 8.61. The molecule has 0 amide bonds. The van der Waals surface area contributed by atoms with Gasteiger partial charge < -0.3 is 15.4 Å². The molecule has 1 heterocycles. The predicted octanol–water partition coefficient (Wildman–Crippen LogP) is 3.63. The number of nitrogens with zero attached hydrogens (tertiary/aromatic N) is 1. The first-order valence-electron chi connectivity index (χ1n) is 5.49. The highest BCUT2D eigenvalue weighted by molar-refractivity contribution is 7.16. The van der Waals surface area contributed by atoms with Gasteiger partial charge in [0.05, 0.1) is 29.4 Å². The summed E-state index contributed by atoms with van der Waals surface area (Å²) in [6.45, 7) is 0.773. The number of ether oxygens (including phenoxy) is 1.